The van der Waals surface area contributed by atoms with Crippen molar-refractivity contribution in [1.82, 2.24) is 9.55 Å². The summed E-state index contributed by atoms with van der Waals surface area (Å²) in [6.07, 6.45) is -1.87. The van der Waals surface area contributed by atoms with Crippen molar-refractivity contribution in [3.8, 4) is 0 Å². The molecule has 2 aromatic rings. The lowest BCUT2D eigenvalue weighted by atomic mass is 10.3. The monoisotopic (exact) mass is 297 g/mol. The Kier molecular flexibility index (Phi) is 7.13. The molecule has 2 rings (SSSR count). The van der Waals surface area contributed by atoms with Crippen LogP contribution in [0.25, 0.3) is 11.0 Å². The molecule has 7 heteroatoms. The van der Waals surface area contributed by atoms with Crippen LogP contribution in [0.4, 0.5) is 8.78 Å². The summed E-state index contributed by atoms with van der Waals surface area (Å²) in [5.41, 5.74) is 6.93. The third-order valence-corrected chi connectivity index (χ3v) is 2.42. The molecular formula is C11H15Cl2F2N3. The average molecular weight is 298 g/mol. The van der Waals surface area contributed by atoms with Crippen molar-refractivity contribution < 1.29 is 8.78 Å². The summed E-state index contributed by atoms with van der Waals surface area (Å²) in [5.74, 6) is 0.629. The minimum absolute atomic E-state index is 0. The number of imidazole rings is 1. The van der Waals surface area contributed by atoms with Crippen LogP contribution >= 0.6 is 24.8 Å². The molecule has 0 aliphatic carbocycles. The van der Waals surface area contributed by atoms with Gasteiger partial charge in [0.1, 0.15) is 5.82 Å². The second-order valence-corrected chi connectivity index (χ2v) is 3.56. The van der Waals surface area contributed by atoms with Gasteiger partial charge >= 0.3 is 0 Å². The van der Waals surface area contributed by atoms with E-state index in [1.165, 1.54) is 0 Å². The van der Waals surface area contributed by atoms with Gasteiger partial charge in [-0.2, -0.15) is 0 Å². The van der Waals surface area contributed by atoms with Gasteiger partial charge in [0.2, 0.25) is 0 Å². The fourth-order valence-corrected chi connectivity index (χ4v) is 1.79. The first-order valence-electron chi connectivity index (χ1n) is 5.14. The van der Waals surface area contributed by atoms with E-state index in [0.29, 0.717) is 18.8 Å². The zero-order chi connectivity index (χ0) is 11.5. The molecule has 1 heterocycles. The van der Waals surface area contributed by atoms with E-state index in [1.807, 2.05) is 18.2 Å². The summed E-state index contributed by atoms with van der Waals surface area (Å²) in [6, 6.07) is 7.27. The van der Waals surface area contributed by atoms with E-state index in [2.05, 4.69) is 4.98 Å². The number of halogens is 4. The molecule has 0 fully saturated rings. The number of hydrogen-bond donors (Lipinski definition) is 1. The van der Waals surface area contributed by atoms with E-state index in [1.54, 1.807) is 10.6 Å². The molecule has 3 nitrogen and oxygen atoms in total. The second-order valence-electron chi connectivity index (χ2n) is 3.56. The number of benzene rings is 1. The quantitative estimate of drug-likeness (QED) is 0.943. The molecule has 0 saturated heterocycles. The van der Waals surface area contributed by atoms with E-state index in [4.69, 9.17) is 5.73 Å². The average Bonchev–Trinajstić information content (AvgIpc) is 2.57. The molecule has 1 aromatic carbocycles. The minimum Gasteiger partial charge on any atom is -0.330 e. The zero-order valence-electron chi connectivity index (χ0n) is 9.55. The third kappa shape index (κ3) is 3.54. The predicted octanol–water partition coefficient (Wildman–Crippen LogP) is 2.65. The molecule has 1 aromatic heterocycles. The maximum absolute atomic E-state index is 12.5. The molecule has 0 spiro atoms. The first-order valence-corrected chi connectivity index (χ1v) is 5.14. The Morgan fingerprint density at radius 2 is 1.89 bits per heavy atom. The van der Waals surface area contributed by atoms with Crippen LogP contribution in [0.2, 0.25) is 0 Å². The summed E-state index contributed by atoms with van der Waals surface area (Å²) in [6.45, 7) is 0.0857. The predicted molar refractivity (Wildman–Crippen MR) is 73.0 cm³/mol. The van der Waals surface area contributed by atoms with Crippen molar-refractivity contribution in [1.29, 1.82) is 0 Å². The summed E-state index contributed by atoms with van der Waals surface area (Å²) in [5, 5.41) is 0. The normalized spacial score (nSPS) is 10.2. The lowest BCUT2D eigenvalue weighted by molar-refractivity contribution is 0.127. The Bertz CT molecular complexity index is 488. The van der Waals surface area contributed by atoms with Crippen LogP contribution < -0.4 is 5.73 Å². The largest absolute Gasteiger partial charge is 0.330 e. The van der Waals surface area contributed by atoms with Gasteiger partial charge in [0.05, 0.1) is 17.6 Å². The molecule has 2 N–H and O–H groups in total. The zero-order valence-corrected chi connectivity index (χ0v) is 11.2. The molecule has 0 saturated carbocycles. The second kappa shape index (κ2) is 7.51. The van der Waals surface area contributed by atoms with Crippen LogP contribution in [0, 0.1) is 0 Å². The Balaban J connectivity index is 0.00000144. The molecule has 0 aliphatic heterocycles. The third-order valence-electron chi connectivity index (χ3n) is 2.42. The van der Waals surface area contributed by atoms with Crippen LogP contribution in [-0.2, 0) is 13.0 Å². The number of rotatable bonds is 4. The van der Waals surface area contributed by atoms with Crippen LogP contribution in [0.5, 0.6) is 0 Å². The fourth-order valence-electron chi connectivity index (χ4n) is 1.79. The number of nitrogens with zero attached hydrogens (tertiary/aromatic N) is 2. The van der Waals surface area contributed by atoms with E-state index in [0.717, 1.165) is 11.0 Å². The maximum Gasteiger partial charge on any atom is 0.256 e. The first kappa shape index (κ1) is 17.1. The number of hydrogen-bond acceptors (Lipinski definition) is 2. The molecule has 0 atom stereocenters. The van der Waals surface area contributed by atoms with Gasteiger partial charge in [0, 0.05) is 6.42 Å². The smallest absolute Gasteiger partial charge is 0.256 e. The number of nitrogens with two attached hydrogens (primary N) is 1. The van der Waals surface area contributed by atoms with Crippen molar-refractivity contribution >= 4 is 35.8 Å². The molecule has 0 bridgehead atoms. The molecule has 0 radical (unpaired) electrons. The van der Waals surface area contributed by atoms with Crippen molar-refractivity contribution in [2.75, 3.05) is 6.54 Å². The van der Waals surface area contributed by atoms with Gasteiger partial charge in [-0.3, -0.25) is 0 Å². The highest BCUT2D eigenvalue weighted by molar-refractivity contribution is 5.85. The highest BCUT2D eigenvalue weighted by atomic mass is 35.5. The Labute approximate surface area is 116 Å². The van der Waals surface area contributed by atoms with Crippen molar-refractivity contribution in [2.24, 2.45) is 5.73 Å². The summed E-state index contributed by atoms with van der Waals surface area (Å²) in [7, 11) is 0. The van der Waals surface area contributed by atoms with Gasteiger partial charge in [-0.05, 0) is 18.7 Å². The number of fused-ring (bicyclic) bond motifs is 1. The Hall–Kier alpha value is -0.910. The van der Waals surface area contributed by atoms with Crippen molar-refractivity contribution in [3.63, 3.8) is 0 Å². The summed E-state index contributed by atoms with van der Waals surface area (Å²) in [4.78, 5) is 4.31. The van der Waals surface area contributed by atoms with Crippen LogP contribution in [0.1, 0.15) is 5.82 Å². The highest BCUT2D eigenvalue weighted by Gasteiger charge is 2.13. The molecule has 0 unspecified atom stereocenters. The lowest BCUT2D eigenvalue weighted by Gasteiger charge is -2.07. The number of para-hydroxylation sites is 2. The first-order chi connectivity index (χ1) is 7.72. The van der Waals surface area contributed by atoms with Gasteiger partial charge in [-0.25, -0.2) is 13.8 Å². The van der Waals surface area contributed by atoms with Crippen LogP contribution in [0.3, 0.4) is 0 Å². The lowest BCUT2D eigenvalue weighted by Crippen LogP contribution is -2.13. The standard InChI is InChI=1S/C11H13F2N3.2ClH/c12-10(13)7-16-9-4-2-1-3-8(9)15-11(16)5-6-14;;/h1-4,10H,5-7,14H2;2*1H. The number of aromatic nitrogens is 2. The van der Waals surface area contributed by atoms with E-state index in [9.17, 15) is 8.78 Å². The van der Waals surface area contributed by atoms with E-state index in [-0.39, 0.29) is 31.4 Å². The van der Waals surface area contributed by atoms with Gasteiger partial charge < -0.3 is 10.3 Å². The molecule has 0 aliphatic rings. The van der Waals surface area contributed by atoms with Crippen LogP contribution in [-0.4, -0.2) is 22.5 Å². The number of alkyl halides is 2. The summed E-state index contributed by atoms with van der Waals surface area (Å²) < 4.78 is 26.5. The van der Waals surface area contributed by atoms with Crippen molar-refractivity contribution in [3.05, 3.63) is 30.1 Å². The molecule has 0 amide bonds. The molecule has 18 heavy (non-hydrogen) atoms. The SMILES string of the molecule is Cl.Cl.NCCc1nc2ccccc2n1CC(F)F. The minimum atomic E-state index is -2.38. The topological polar surface area (TPSA) is 43.8 Å². The van der Waals surface area contributed by atoms with Gasteiger partial charge in [-0.1, -0.05) is 12.1 Å². The van der Waals surface area contributed by atoms with Crippen molar-refractivity contribution in [2.45, 2.75) is 19.4 Å². The molecule has 102 valence electrons. The Morgan fingerprint density at radius 3 is 2.50 bits per heavy atom. The Morgan fingerprint density at radius 1 is 1.22 bits per heavy atom. The molecular weight excluding hydrogens is 283 g/mol. The van der Waals surface area contributed by atoms with Gasteiger partial charge in [-0.15, -0.1) is 24.8 Å². The van der Waals surface area contributed by atoms with Crippen LogP contribution in [0.15, 0.2) is 24.3 Å². The van der Waals surface area contributed by atoms with Gasteiger partial charge in [0.15, 0.2) is 0 Å². The van der Waals surface area contributed by atoms with E-state index < -0.39 is 6.43 Å². The van der Waals surface area contributed by atoms with Gasteiger partial charge in [0.25, 0.3) is 6.43 Å². The summed E-state index contributed by atoms with van der Waals surface area (Å²) >= 11 is 0. The van der Waals surface area contributed by atoms with E-state index >= 15 is 0 Å². The highest BCUT2D eigenvalue weighted by Crippen LogP contribution is 2.17. The fraction of sp³-hybridized carbons (Fsp3) is 0.364. The maximum atomic E-state index is 12.5.